The Kier molecular flexibility index (Phi) is 5.68. The molecule has 36 heavy (non-hydrogen) atoms. The van der Waals surface area contributed by atoms with E-state index in [0.717, 1.165) is 27.8 Å². The Hall–Kier alpha value is -3.12. The molecule has 2 aliphatic heterocycles. The highest BCUT2D eigenvalue weighted by Gasteiger charge is 2.51. The van der Waals surface area contributed by atoms with Gasteiger partial charge in [0.1, 0.15) is 0 Å². The molecule has 0 unspecified atom stereocenters. The molecule has 178 valence electrons. The summed E-state index contributed by atoms with van der Waals surface area (Å²) in [6, 6.07) is 32.0. The van der Waals surface area contributed by atoms with Crippen LogP contribution in [-0.4, -0.2) is 24.5 Å². The van der Waals surface area contributed by atoms with E-state index >= 15 is 0 Å². The number of fused-ring (bicyclic) bond motifs is 2. The molecule has 0 bridgehead atoms. The van der Waals surface area contributed by atoms with E-state index in [-0.39, 0.29) is 18.3 Å². The summed E-state index contributed by atoms with van der Waals surface area (Å²) in [5.74, 6) is 0. The first-order valence-electron chi connectivity index (χ1n) is 12.3. The van der Waals surface area contributed by atoms with Gasteiger partial charge in [-0.1, -0.05) is 84.6 Å². The molecule has 0 atom stereocenters. The third-order valence-electron chi connectivity index (χ3n) is 7.43. The summed E-state index contributed by atoms with van der Waals surface area (Å²) in [5.41, 5.74) is 7.18. The Morgan fingerprint density at radius 3 is 2.11 bits per heavy atom. The van der Waals surface area contributed by atoms with Crippen molar-refractivity contribution in [1.82, 2.24) is 0 Å². The second-order valence-corrected chi connectivity index (χ2v) is 11.4. The quantitative estimate of drug-likeness (QED) is 0.246. The van der Waals surface area contributed by atoms with Gasteiger partial charge in [-0.25, -0.2) is 0 Å². The van der Waals surface area contributed by atoms with Crippen molar-refractivity contribution < 1.29 is 9.31 Å². The molecule has 0 spiro atoms. The highest BCUT2D eigenvalue weighted by atomic mass is 32.2. The van der Waals surface area contributed by atoms with Crippen LogP contribution in [-0.2, 0) is 9.31 Å². The topological polar surface area (TPSA) is 30.8 Å². The second-order valence-electron chi connectivity index (χ2n) is 10.3. The van der Waals surface area contributed by atoms with Gasteiger partial charge in [-0.05, 0) is 73.6 Å². The van der Waals surface area contributed by atoms with E-state index in [0.29, 0.717) is 0 Å². The first kappa shape index (κ1) is 23.3. The fourth-order valence-corrected chi connectivity index (χ4v) is 5.63. The number of aliphatic imine (C=N–C) groups is 1. The zero-order chi connectivity index (χ0) is 24.9. The van der Waals surface area contributed by atoms with Crippen LogP contribution in [0.1, 0.15) is 33.3 Å². The highest BCUT2D eigenvalue weighted by molar-refractivity contribution is 7.99. The number of hydrogen-bond donors (Lipinski definition) is 0. The Balaban J connectivity index is 1.30. The van der Waals surface area contributed by atoms with Gasteiger partial charge >= 0.3 is 7.12 Å². The van der Waals surface area contributed by atoms with Crippen molar-refractivity contribution in [2.45, 2.75) is 48.7 Å². The third kappa shape index (κ3) is 4.11. The zero-order valence-electron chi connectivity index (χ0n) is 21.0. The lowest BCUT2D eigenvalue weighted by molar-refractivity contribution is 0.00578. The molecule has 0 N–H and O–H groups in total. The molecule has 5 heteroatoms. The van der Waals surface area contributed by atoms with E-state index in [9.17, 15) is 0 Å². The first-order chi connectivity index (χ1) is 17.3. The monoisotopic (exact) mass is 489 g/mol. The molecule has 0 saturated carbocycles. The van der Waals surface area contributed by atoms with E-state index < -0.39 is 0 Å². The number of para-hydroxylation sites is 1. The Bertz CT molecular complexity index is 1460. The summed E-state index contributed by atoms with van der Waals surface area (Å²) < 4.78 is 12.5. The van der Waals surface area contributed by atoms with Crippen LogP contribution < -0.4 is 5.46 Å². The van der Waals surface area contributed by atoms with Gasteiger partial charge in [0.25, 0.3) is 0 Å². The average Bonchev–Trinajstić information content (AvgIpc) is 3.00. The third-order valence-corrected chi connectivity index (χ3v) is 8.57. The molecule has 0 aromatic heterocycles. The van der Waals surface area contributed by atoms with Crippen LogP contribution in [0, 0.1) is 0 Å². The number of nitrogens with zero attached hydrogens (tertiary/aromatic N) is 1. The minimum Gasteiger partial charge on any atom is -0.399 e. The van der Waals surface area contributed by atoms with Gasteiger partial charge in [0.15, 0.2) is 0 Å². The lowest BCUT2D eigenvalue weighted by atomic mass is 9.78. The Labute approximate surface area is 217 Å². The van der Waals surface area contributed by atoms with E-state index in [4.69, 9.17) is 14.3 Å². The molecular weight excluding hydrogens is 461 g/mol. The van der Waals surface area contributed by atoms with Crippen molar-refractivity contribution in [2.75, 3.05) is 0 Å². The van der Waals surface area contributed by atoms with Gasteiger partial charge < -0.3 is 9.31 Å². The van der Waals surface area contributed by atoms with Gasteiger partial charge in [-0.15, -0.1) is 0 Å². The van der Waals surface area contributed by atoms with Gasteiger partial charge in [-0.3, -0.25) is 4.99 Å². The summed E-state index contributed by atoms with van der Waals surface area (Å²) in [4.78, 5) is 7.18. The first-order valence-corrected chi connectivity index (χ1v) is 13.1. The van der Waals surface area contributed by atoms with E-state index in [1.165, 1.54) is 20.9 Å². The Morgan fingerprint density at radius 1 is 0.667 bits per heavy atom. The summed E-state index contributed by atoms with van der Waals surface area (Å²) in [5, 5.41) is 0. The van der Waals surface area contributed by atoms with Crippen LogP contribution in [0.25, 0.3) is 22.3 Å². The molecule has 1 saturated heterocycles. The largest absolute Gasteiger partial charge is 0.494 e. The maximum Gasteiger partial charge on any atom is 0.494 e. The molecule has 6 rings (SSSR count). The summed E-state index contributed by atoms with van der Waals surface area (Å²) in [7, 11) is -0.366. The molecule has 4 aromatic rings. The standard InChI is InChI=1S/C31H28BNO2S/c1-30(2)31(3,4)35-32(34-30)24-10-7-9-23(19-24)21-15-17-22(18-16-21)25-11-8-14-28-26(25)20-33-27-12-5-6-13-29(27)36-28/h5-20H,1-4H3. The van der Waals surface area contributed by atoms with E-state index in [1.54, 1.807) is 11.8 Å². The minimum atomic E-state index is -0.366. The number of rotatable bonds is 3. The van der Waals surface area contributed by atoms with Gasteiger partial charge in [0.2, 0.25) is 0 Å². The maximum absolute atomic E-state index is 6.27. The van der Waals surface area contributed by atoms with E-state index in [1.807, 2.05) is 12.3 Å². The predicted octanol–water partition coefficient (Wildman–Crippen LogP) is 7.54. The molecule has 2 aliphatic rings. The van der Waals surface area contributed by atoms with Crippen LogP contribution in [0.5, 0.6) is 0 Å². The zero-order valence-corrected chi connectivity index (χ0v) is 21.8. The van der Waals surface area contributed by atoms with Crippen LogP contribution in [0.15, 0.2) is 106 Å². The summed E-state index contributed by atoms with van der Waals surface area (Å²) in [6.07, 6.45) is 2.01. The normalized spacial score (nSPS) is 17.4. The fourth-order valence-electron chi connectivity index (χ4n) is 4.61. The van der Waals surface area contributed by atoms with Crippen molar-refractivity contribution in [2.24, 2.45) is 4.99 Å². The maximum atomic E-state index is 6.27. The summed E-state index contributed by atoms with van der Waals surface area (Å²) in [6.45, 7) is 8.34. The SMILES string of the molecule is CC1(C)OB(c2cccc(-c3ccc(-c4cccc5c4C=Nc4ccccc4S5)cc3)c2)OC1(C)C. The number of benzene rings is 4. The van der Waals surface area contributed by atoms with Gasteiger partial charge in [0.05, 0.1) is 16.9 Å². The Morgan fingerprint density at radius 2 is 1.33 bits per heavy atom. The predicted molar refractivity (Wildman–Crippen MR) is 151 cm³/mol. The van der Waals surface area contributed by atoms with Crippen LogP contribution in [0.3, 0.4) is 0 Å². The van der Waals surface area contributed by atoms with Crippen molar-refractivity contribution in [3.63, 3.8) is 0 Å². The van der Waals surface area contributed by atoms with Crippen molar-refractivity contribution >= 4 is 36.2 Å². The molecular formula is C31H28BNO2S. The van der Waals surface area contributed by atoms with Gasteiger partial charge in [0, 0.05) is 21.6 Å². The number of hydrogen-bond acceptors (Lipinski definition) is 4. The van der Waals surface area contributed by atoms with E-state index in [2.05, 4.69) is 113 Å². The molecule has 4 aromatic carbocycles. The van der Waals surface area contributed by atoms with Crippen LogP contribution in [0.2, 0.25) is 0 Å². The molecule has 0 radical (unpaired) electrons. The smallest absolute Gasteiger partial charge is 0.399 e. The molecule has 3 nitrogen and oxygen atoms in total. The molecule has 1 fully saturated rings. The summed E-state index contributed by atoms with van der Waals surface area (Å²) >= 11 is 1.78. The van der Waals surface area contributed by atoms with Crippen molar-refractivity contribution in [3.8, 4) is 22.3 Å². The van der Waals surface area contributed by atoms with Crippen LogP contribution in [0.4, 0.5) is 5.69 Å². The van der Waals surface area contributed by atoms with Crippen molar-refractivity contribution in [3.05, 3.63) is 96.6 Å². The van der Waals surface area contributed by atoms with Gasteiger partial charge in [-0.2, -0.15) is 0 Å². The van der Waals surface area contributed by atoms with Crippen molar-refractivity contribution in [1.29, 1.82) is 0 Å². The lowest BCUT2D eigenvalue weighted by Crippen LogP contribution is -2.41. The average molecular weight is 489 g/mol. The molecule has 2 heterocycles. The molecule has 0 aliphatic carbocycles. The molecule has 0 amide bonds. The highest BCUT2D eigenvalue weighted by Crippen LogP contribution is 2.41. The second kappa shape index (κ2) is 8.77. The fraction of sp³-hybridized carbons (Fsp3) is 0.194. The van der Waals surface area contributed by atoms with Crippen LogP contribution >= 0.6 is 11.8 Å². The lowest BCUT2D eigenvalue weighted by Gasteiger charge is -2.32. The minimum absolute atomic E-state index is 0.355.